The fraction of sp³-hybridized carbons (Fsp3) is 0.421. The number of aliphatic hydroxyl groups is 1. The molecule has 0 spiro atoms. The largest absolute Gasteiger partial charge is 0.393 e. The number of aryl methyl sites for hydroxylation is 2. The molecule has 0 radical (unpaired) electrons. The number of carbonyl (C=O) groups excluding carboxylic acids is 2. The van der Waals surface area contributed by atoms with Crippen molar-refractivity contribution in [3.63, 3.8) is 0 Å². The quantitative estimate of drug-likeness (QED) is 0.137. The second-order valence-electron chi connectivity index (χ2n) is 13.2. The van der Waals surface area contributed by atoms with E-state index < -0.39 is 12.0 Å². The van der Waals surface area contributed by atoms with E-state index in [1.165, 1.54) is 12.3 Å². The standard InChI is InChI=1S/C38H44F2N4O3S/c1-25-24-48-36(42-25)33-13-9-15-44(33)37(47)30-18-29(19-32(20-30)43(3)4)35(46)21-28(16-26-10-6-5-7-11-26)34(45)14-8-12-27-17-31(23-41-22-27)38(2,39)40/h5-7,10-11,17-20,22-24,28,33-34,45H,8-9,12-16,21H2,1-4H3/t28-,33-,34-/m1/s1. The van der Waals surface area contributed by atoms with Gasteiger partial charge in [-0.3, -0.25) is 14.6 Å². The van der Waals surface area contributed by atoms with Crippen molar-refractivity contribution in [2.24, 2.45) is 5.92 Å². The van der Waals surface area contributed by atoms with E-state index >= 15 is 0 Å². The Labute approximate surface area is 285 Å². The highest BCUT2D eigenvalue weighted by Gasteiger charge is 2.33. The monoisotopic (exact) mass is 674 g/mol. The van der Waals surface area contributed by atoms with Gasteiger partial charge < -0.3 is 14.9 Å². The van der Waals surface area contributed by atoms with E-state index in [2.05, 4.69) is 9.97 Å². The zero-order valence-corrected chi connectivity index (χ0v) is 28.9. The van der Waals surface area contributed by atoms with Gasteiger partial charge in [0.1, 0.15) is 5.01 Å². The summed E-state index contributed by atoms with van der Waals surface area (Å²) in [4.78, 5) is 40.3. The van der Waals surface area contributed by atoms with E-state index in [0.717, 1.165) is 41.7 Å². The second kappa shape index (κ2) is 15.5. The van der Waals surface area contributed by atoms with E-state index in [-0.39, 0.29) is 35.6 Å². The Bertz CT molecular complexity index is 1710. The molecule has 1 N–H and O–H groups in total. The van der Waals surface area contributed by atoms with Gasteiger partial charge in [-0.1, -0.05) is 30.3 Å². The van der Waals surface area contributed by atoms with Crippen molar-refractivity contribution in [2.75, 3.05) is 25.5 Å². The Morgan fingerprint density at radius 3 is 2.52 bits per heavy atom. The molecule has 1 fully saturated rings. The smallest absolute Gasteiger partial charge is 0.272 e. The van der Waals surface area contributed by atoms with Crippen molar-refractivity contribution in [2.45, 2.75) is 76.9 Å². The molecule has 254 valence electrons. The summed E-state index contributed by atoms with van der Waals surface area (Å²) in [6.07, 6.45) is 5.69. The van der Waals surface area contributed by atoms with Crippen molar-refractivity contribution >= 4 is 28.7 Å². The van der Waals surface area contributed by atoms with Gasteiger partial charge in [-0.15, -0.1) is 11.3 Å². The van der Waals surface area contributed by atoms with E-state index in [0.29, 0.717) is 48.9 Å². The third-order valence-corrected chi connectivity index (χ3v) is 10.1. The van der Waals surface area contributed by atoms with Gasteiger partial charge in [-0.05, 0) is 86.8 Å². The Kier molecular flexibility index (Phi) is 11.4. The number of alkyl halides is 2. The van der Waals surface area contributed by atoms with Crippen molar-refractivity contribution in [3.05, 3.63) is 111 Å². The van der Waals surface area contributed by atoms with Crippen molar-refractivity contribution < 1.29 is 23.5 Å². The molecule has 1 aliphatic rings. The third-order valence-electron chi connectivity index (χ3n) is 9.04. The van der Waals surface area contributed by atoms with Crippen LogP contribution in [0.1, 0.15) is 93.2 Å². The number of nitrogens with zero attached hydrogens (tertiary/aromatic N) is 4. The highest BCUT2D eigenvalue weighted by atomic mass is 32.1. The molecule has 1 amide bonds. The SMILES string of the molecule is Cc1csc([C@H]2CCCN2C(=O)c2cc(C(=O)C[C@@H](Cc3ccccc3)[C@H](O)CCCc3cncc(C(C)(F)F)c3)cc(N(C)C)c2)n1. The molecule has 7 nitrogen and oxygen atoms in total. The fourth-order valence-corrected chi connectivity index (χ4v) is 7.29. The fourth-order valence-electron chi connectivity index (χ4n) is 6.34. The van der Waals surface area contributed by atoms with E-state index in [4.69, 9.17) is 0 Å². The molecule has 1 aliphatic heterocycles. The molecule has 2 aromatic heterocycles. The van der Waals surface area contributed by atoms with Crippen LogP contribution in [0, 0.1) is 12.8 Å². The molecule has 0 unspecified atom stereocenters. The molecule has 48 heavy (non-hydrogen) atoms. The highest BCUT2D eigenvalue weighted by molar-refractivity contribution is 7.09. The van der Waals surface area contributed by atoms with Crippen LogP contribution in [-0.2, 0) is 18.8 Å². The first kappa shape index (κ1) is 35.3. The topological polar surface area (TPSA) is 86.6 Å². The number of halogens is 2. The number of rotatable bonds is 14. The number of aliphatic hydroxyl groups excluding tert-OH is 1. The van der Waals surface area contributed by atoms with Crippen molar-refractivity contribution in [1.82, 2.24) is 14.9 Å². The van der Waals surface area contributed by atoms with Crippen LogP contribution in [0.4, 0.5) is 14.5 Å². The van der Waals surface area contributed by atoms with Crippen molar-refractivity contribution in [3.8, 4) is 0 Å². The number of aromatic nitrogens is 2. The molecule has 10 heteroatoms. The predicted molar refractivity (Wildman–Crippen MR) is 186 cm³/mol. The Balaban J connectivity index is 1.34. The molecule has 0 aliphatic carbocycles. The summed E-state index contributed by atoms with van der Waals surface area (Å²) in [6.45, 7) is 3.43. The lowest BCUT2D eigenvalue weighted by Gasteiger charge is -2.25. The lowest BCUT2D eigenvalue weighted by molar-refractivity contribution is 0.0170. The maximum Gasteiger partial charge on any atom is 0.272 e. The number of hydrogen-bond donors (Lipinski definition) is 1. The minimum atomic E-state index is -2.98. The molecular formula is C38H44F2N4O3S. The summed E-state index contributed by atoms with van der Waals surface area (Å²) < 4.78 is 27.7. The maximum atomic E-state index is 14.0. The first-order valence-electron chi connectivity index (χ1n) is 16.5. The van der Waals surface area contributed by atoms with Crippen LogP contribution in [0.3, 0.4) is 0 Å². The summed E-state index contributed by atoms with van der Waals surface area (Å²) in [6, 6.07) is 16.4. The number of amides is 1. The van der Waals surface area contributed by atoms with Crippen molar-refractivity contribution in [1.29, 1.82) is 0 Å². The van der Waals surface area contributed by atoms with Crippen LogP contribution < -0.4 is 4.90 Å². The Morgan fingerprint density at radius 2 is 1.83 bits per heavy atom. The molecular weight excluding hydrogens is 631 g/mol. The Morgan fingerprint density at radius 1 is 1.08 bits per heavy atom. The molecule has 0 bridgehead atoms. The van der Waals surface area contributed by atoms with Crippen LogP contribution in [0.5, 0.6) is 0 Å². The number of likely N-dealkylation sites (tertiary alicyclic amines) is 1. The minimum Gasteiger partial charge on any atom is -0.393 e. The number of ketones is 1. The van der Waals surface area contributed by atoms with Crippen LogP contribution in [0.15, 0.2) is 72.4 Å². The highest BCUT2D eigenvalue weighted by Crippen LogP contribution is 2.36. The number of anilines is 1. The zero-order valence-electron chi connectivity index (χ0n) is 28.0. The maximum absolute atomic E-state index is 14.0. The third kappa shape index (κ3) is 8.90. The Hall–Kier alpha value is -4.02. The summed E-state index contributed by atoms with van der Waals surface area (Å²) in [5.41, 5.74) is 4.13. The zero-order chi connectivity index (χ0) is 34.4. The molecule has 0 saturated carbocycles. The summed E-state index contributed by atoms with van der Waals surface area (Å²) in [7, 11) is 3.76. The van der Waals surface area contributed by atoms with Gasteiger partial charge in [0, 0.05) is 79.8 Å². The number of Topliss-reactive ketones (excluding diaryl/α,β-unsaturated/α-hetero) is 1. The lowest BCUT2D eigenvalue weighted by atomic mass is 9.85. The summed E-state index contributed by atoms with van der Waals surface area (Å²) >= 11 is 1.57. The molecule has 3 atom stereocenters. The van der Waals surface area contributed by atoms with E-state index in [1.54, 1.807) is 29.7 Å². The summed E-state index contributed by atoms with van der Waals surface area (Å²) in [5, 5.41) is 14.4. The lowest BCUT2D eigenvalue weighted by Crippen LogP contribution is -2.31. The van der Waals surface area contributed by atoms with Gasteiger partial charge in [0.25, 0.3) is 11.8 Å². The van der Waals surface area contributed by atoms with Gasteiger partial charge in [-0.25, -0.2) is 13.8 Å². The number of pyridine rings is 1. The molecule has 2 aromatic carbocycles. The average molecular weight is 675 g/mol. The van der Waals surface area contributed by atoms with Crippen LogP contribution in [0.2, 0.25) is 0 Å². The van der Waals surface area contributed by atoms with E-state index in [9.17, 15) is 23.5 Å². The molecule has 1 saturated heterocycles. The second-order valence-corrected chi connectivity index (χ2v) is 14.0. The first-order chi connectivity index (χ1) is 22.9. The number of benzene rings is 2. The number of thiazole rings is 1. The average Bonchev–Trinajstić information content (AvgIpc) is 3.73. The normalized spacial score (nSPS) is 16.1. The minimum absolute atomic E-state index is 0.0829. The molecule has 5 rings (SSSR count). The first-order valence-corrected chi connectivity index (χ1v) is 17.4. The van der Waals surface area contributed by atoms with Gasteiger partial charge in [0.2, 0.25) is 0 Å². The number of carbonyl (C=O) groups is 2. The summed E-state index contributed by atoms with van der Waals surface area (Å²) in [5.74, 6) is -3.64. The number of hydrogen-bond acceptors (Lipinski definition) is 7. The van der Waals surface area contributed by atoms with Crippen LogP contribution in [-0.4, -0.2) is 58.4 Å². The van der Waals surface area contributed by atoms with Crippen LogP contribution in [0.25, 0.3) is 0 Å². The van der Waals surface area contributed by atoms with Gasteiger partial charge >= 0.3 is 0 Å². The van der Waals surface area contributed by atoms with Gasteiger partial charge in [0.15, 0.2) is 5.78 Å². The van der Waals surface area contributed by atoms with Gasteiger partial charge in [0.05, 0.1) is 12.1 Å². The van der Waals surface area contributed by atoms with Gasteiger partial charge in [-0.2, -0.15) is 0 Å². The molecule has 4 aromatic rings. The predicted octanol–water partition coefficient (Wildman–Crippen LogP) is 7.82. The van der Waals surface area contributed by atoms with Crippen LogP contribution >= 0.6 is 11.3 Å². The van der Waals surface area contributed by atoms with E-state index in [1.807, 2.05) is 72.6 Å². The molecule has 3 heterocycles.